The van der Waals surface area contributed by atoms with Gasteiger partial charge in [-0.3, -0.25) is 0 Å². The predicted octanol–water partition coefficient (Wildman–Crippen LogP) is 4.96. The van der Waals surface area contributed by atoms with Crippen LogP contribution < -0.4 is 0 Å². The molecule has 20 heavy (non-hydrogen) atoms. The van der Waals surface area contributed by atoms with Crippen molar-refractivity contribution in [2.45, 2.75) is 0 Å². The largest absolute Gasteiger partial charge is 0.465 e. The number of carbonyl (C=O) groups excluding carboxylic acids is 1. The van der Waals surface area contributed by atoms with Gasteiger partial charge in [-0.1, -0.05) is 30.3 Å². The van der Waals surface area contributed by atoms with E-state index < -0.39 is 0 Å². The van der Waals surface area contributed by atoms with Crippen molar-refractivity contribution in [3.63, 3.8) is 0 Å². The highest BCUT2D eigenvalue weighted by Crippen LogP contribution is 2.39. The van der Waals surface area contributed by atoms with Crippen molar-refractivity contribution in [1.29, 1.82) is 0 Å². The maximum absolute atomic E-state index is 11.4. The summed E-state index contributed by atoms with van der Waals surface area (Å²) in [6.45, 7) is 0. The van der Waals surface area contributed by atoms with Crippen LogP contribution >= 0.6 is 33.9 Å². The zero-order chi connectivity index (χ0) is 14.1. The van der Waals surface area contributed by atoms with E-state index in [4.69, 9.17) is 4.74 Å². The first kappa shape index (κ1) is 13.6. The SMILES string of the molecule is COC(=O)c1ccc(-c2sc3ccccc3c2I)cc1. The molecular formula is C16H11IO2S. The lowest BCUT2D eigenvalue weighted by atomic mass is 10.1. The molecule has 0 aliphatic carbocycles. The number of fused-ring (bicyclic) bond motifs is 1. The number of carbonyl (C=O) groups is 1. The summed E-state index contributed by atoms with van der Waals surface area (Å²) in [6, 6.07) is 15.9. The molecular weight excluding hydrogens is 383 g/mol. The van der Waals surface area contributed by atoms with Gasteiger partial charge in [0.2, 0.25) is 0 Å². The fraction of sp³-hybridized carbons (Fsp3) is 0.0625. The van der Waals surface area contributed by atoms with Gasteiger partial charge in [0.15, 0.2) is 0 Å². The third-order valence-electron chi connectivity index (χ3n) is 3.10. The second-order valence-electron chi connectivity index (χ2n) is 4.31. The molecule has 2 nitrogen and oxygen atoms in total. The molecule has 1 heterocycles. The van der Waals surface area contributed by atoms with E-state index in [0.29, 0.717) is 5.56 Å². The Labute approximate surface area is 134 Å². The molecule has 4 heteroatoms. The molecule has 0 radical (unpaired) electrons. The Hall–Kier alpha value is -1.40. The number of rotatable bonds is 2. The van der Waals surface area contributed by atoms with Gasteiger partial charge < -0.3 is 4.74 Å². The highest BCUT2D eigenvalue weighted by molar-refractivity contribution is 14.1. The minimum atomic E-state index is -0.303. The van der Waals surface area contributed by atoms with E-state index in [1.807, 2.05) is 24.3 Å². The van der Waals surface area contributed by atoms with Crippen LogP contribution in [0.15, 0.2) is 48.5 Å². The van der Waals surface area contributed by atoms with Gasteiger partial charge in [-0.2, -0.15) is 0 Å². The molecule has 2 aromatic carbocycles. The molecule has 100 valence electrons. The van der Waals surface area contributed by atoms with Crippen molar-refractivity contribution in [1.82, 2.24) is 0 Å². The number of esters is 1. The molecule has 0 fully saturated rings. The number of benzene rings is 2. The zero-order valence-corrected chi connectivity index (χ0v) is 13.7. The standard InChI is InChI=1S/C16H11IO2S/c1-19-16(18)11-8-6-10(7-9-11)15-14(17)12-4-2-3-5-13(12)20-15/h2-9H,1H3. The monoisotopic (exact) mass is 394 g/mol. The molecule has 0 aliphatic heterocycles. The van der Waals surface area contributed by atoms with Crippen LogP contribution in [0, 0.1) is 3.57 Å². The lowest BCUT2D eigenvalue weighted by molar-refractivity contribution is 0.0601. The summed E-state index contributed by atoms with van der Waals surface area (Å²) in [4.78, 5) is 12.7. The van der Waals surface area contributed by atoms with E-state index in [0.717, 1.165) is 5.56 Å². The van der Waals surface area contributed by atoms with Gasteiger partial charge >= 0.3 is 5.97 Å². The molecule has 0 saturated carbocycles. The molecule has 3 rings (SSSR count). The number of hydrogen-bond donors (Lipinski definition) is 0. The Morgan fingerprint density at radius 3 is 2.45 bits per heavy atom. The second-order valence-corrected chi connectivity index (χ2v) is 6.44. The first-order valence-electron chi connectivity index (χ1n) is 6.06. The van der Waals surface area contributed by atoms with Gasteiger partial charge in [0.05, 0.1) is 12.7 Å². The van der Waals surface area contributed by atoms with Crippen molar-refractivity contribution in [2.24, 2.45) is 0 Å². The third-order valence-corrected chi connectivity index (χ3v) is 5.81. The van der Waals surface area contributed by atoms with Crippen LogP contribution in [0.5, 0.6) is 0 Å². The van der Waals surface area contributed by atoms with Crippen LogP contribution in [0.25, 0.3) is 20.5 Å². The Bertz CT molecular complexity index is 775. The van der Waals surface area contributed by atoms with Crippen LogP contribution in [-0.4, -0.2) is 13.1 Å². The maximum Gasteiger partial charge on any atom is 0.337 e. The van der Waals surface area contributed by atoms with Crippen molar-refractivity contribution in [2.75, 3.05) is 7.11 Å². The van der Waals surface area contributed by atoms with E-state index in [-0.39, 0.29) is 5.97 Å². The summed E-state index contributed by atoms with van der Waals surface area (Å²) in [5.41, 5.74) is 1.70. The molecule has 0 N–H and O–H groups in total. The molecule has 0 bridgehead atoms. The van der Waals surface area contributed by atoms with Gasteiger partial charge in [0.1, 0.15) is 0 Å². The summed E-state index contributed by atoms with van der Waals surface area (Å²) in [5.74, 6) is -0.303. The van der Waals surface area contributed by atoms with E-state index in [1.54, 1.807) is 11.3 Å². The van der Waals surface area contributed by atoms with Crippen LogP contribution in [-0.2, 0) is 4.74 Å². The third kappa shape index (κ3) is 2.33. The number of ether oxygens (including phenoxy) is 1. The molecule has 0 saturated heterocycles. The minimum absolute atomic E-state index is 0.303. The van der Waals surface area contributed by atoms with Crippen LogP contribution in [0.2, 0.25) is 0 Å². The average Bonchev–Trinajstić information content (AvgIpc) is 2.84. The summed E-state index contributed by atoms with van der Waals surface area (Å²) >= 11 is 4.16. The van der Waals surface area contributed by atoms with E-state index in [1.165, 1.54) is 25.6 Å². The lowest BCUT2D eigenvalue weighted by Crippen LogP contribution is -2.00. The lowest BCUT2D eigenvalue weighted by Gasteiger charge is -2.02. The normalized spacial score (nSPS) is 10.7. The van der Waals surface area contributed by atoms with Crippen LogP contribution in [0.4, 0.5) is 0 Å². The predicted molar refractivity (Wildman–Crippen MR) is 91.3 cm³/mol. The van der Waals surface area contributed by atoms with Crippen molar-refractivity contribution < 1.29 is 9.53 Å². The molecule has 0 amide bonds. The minimum Gasteiger partial charge on any atom is -0.465 e. The molecule has 0 unspecified atom stereocenters. The molecule has 0 spiro atoms. The fourth-order valence-electron chi connectivity index (χ4n) is 2.08. The summed E-state index contributed by atoms with van der Waals surface area (Å²) < 4.78 is 7.26. The van der Waals surface area contributed by atoms with Crippen LogP contribution in [0.1, 0.15) is 10.4 Å². The van der Waals surface area contributed by atoms with Gasteiger partial charge in [0, 0.05) is 18.5 Å². The molecule has 0 atom stereocenters. The van der Waals surface area contributed by atoms with Gasteiger partial charge in [-0.25, -0.2) is 4.79 Å². The number of halogens is 1. The van der Waals surface area contributed by atoms with Gasteiger partial charge in [0.25, 0.3) is 0 Å². The number of thiophene rings is 1. The summed E-state index contributed by atoms with van der Waals surface area (Å²) in [7, 11) is 1.39. The topological polar surface area (TPSA) is 26.3 Å². The Kier molecular flexibility index (Phi) is 3.76. The molecule has 3 aromatic rings. The Morgan fingerprint density at radius 2 is 1.80 bits per heavy atom. The van der Waals surface area contributed by atoms with Gasteiger partial charge in [-0.15, -0.1) is 11.3 Å². The quantitative estimate of drug-likeness (QED) is 0.454. The Balaban J connectivity index is 2.07. The first-order chi connectivity index (χ1) is 9.70. The van der Waals surface area contributed by atoms with Crippen LogP contribution in [0.3, 0.4) is 0 Å². The van der Waals surface area contributed by atoms with E-state index in [9.17, 15) is 4.79 Å². The highest BCUT2D eigenvalue weighted by Gasteiger charge is 2.12. The van der Waals surface area contributed by atoms with E-state index in [2.05, 4.69) is 46.9 Å². The summed E-state index contributed by atoms with van der Waals surface area (Å²) in [6.07, 6.45) is 0. The van der Waals surface area contributed by atoms with Crippen molar-refractivity contribution in [3.8, 4) is 10.4 Å². The zero-order valence-electron chi connectivity index (χ0n) is 10.7. The second kappa shape index (κ2) is 5.54. The van der Waals surface area contributed by atoms with Crippen molar-refractivity contribution >= 4 is 50.0 Å². The number of hydrogen-bond acceptors (Lipinski definition) is 3. The smallest absolute Gasteiger partial charge is 0.337 e. The average molecular weight is 394 g/mol. The first-order valence-corrected chi connectivity index (χ1v) is 7.96. The highest BCUT2D eigenvalue weighted by atomic mass is 127. The molecule has 0 aliphatic rings. The summed E-state index contributed by atoms with van der Waals surface area (Å²) in [5, 5.41) is 1.28. The Morgan fingerprint density at radius 1 is 1.10 bits per heavy atom. The van der Waals surface area contributed by atoms with E-state index >= 15 is 0 Å². The fourth-order valence-corrected chi connectivity index (χ4v) is 4.47. The molecule has 1 aromatic heterocycles. The van der Waals surface area contributed by atoms with Gasteiger partial charge in [-0.05, 0) is 46.4 Å². The number of methoxy groups -OCH3 is 1. The maximum atomic E-state index is 11.4. The van der Waals surface area contributed by atoms with Crippen molar-refractivity contribution in [3.05, 3.63) is 57.7 Å².